The summed E-state index contributed by atoms with van der Waals surface area (Å²) >= 11 is 0. The van der Waals surface area contributed by atoms with Gasteiger partial charge in [-0.1, -0.05) is 19.0 Å². The van der Waals surface area contributed by atoms with Gasteiger partial charge in [0.15, 0.2) is 17.3 Å². The van der Waals surface area contributed by atoms with E-state index in [4.69, 9.17) is 14.0 Å². The van der Waals surface area contributed by atoms with Gasteiger partial charge in [0.2, 0.25) is 21.8 Å². The number of aromatic nitrogens is 2. The average molecular weight is 451 g/mol. The minimum Gasteiger partial charge on any atom is -0.490 e. The number of fused-ring (bicyclic) bond motifs is 1. The van der Waals surface area contributed by atoms with Crippen molar-refractivity contribution in [2.24, 2.45) is 5.92 Å². The number of nitrogens with zero attached hydrogens (tertiary/aromatic N) is 2. The van der Waals surface area contributed by atoms with Gasteiger partial charge in [-0.25, -0.2) is 8.42 Å². The second-order valence-corrected chi connectivity index (χ2v) is 9.75. The van der Waals surface area contributed by atoms with E-state index in [-0.39, 0.29) is 17.4 Å². The van der Waals surface area contributed by atoms with Gasteiger partial charge in [-0.2, -0.15) is 9.71 Å². The summed E-state index contributed by atoms with van der Waals surface area (Å²) in [6.07, 6.45) is 2.80. The molecule has 168 valence electrons. The second-order valence-electron chi connectivity index (χ2n) is 8.04. The van der Waals surface area contributed by atoms with E-state index in [9.17, 15) is 13.2 Å². The Kier molecular flexibility index (Phi) is 6.15. The molecule has 0 spiro atoms. The van der Waals surface area contributed by atoms with Crippen LogP contribution in [0.25, 0.3) is 0 Å². The highest BCUT2D eigenvalue weighted by Crippen LogP contribution is 2.38. The molecule has 4 rings (SSSR count). The van der Waals surface area contributed by atoms with Crippen molar-refractivity contribution in [1.29, 1.82) is 0 Å². The quantitative estimate of drug-likeness (QED) is 0.621. The molecular formula is C20H26N4O6S. The molecule has 10 nitrogen and oxygen atoms in total. The Morgan fingerprint density at radius 2 is 1.94 bits per heavy atom. The maximum Gasteiger partial charge on any atom is 0.246 e. The monoisotopic (exact) mass is 450 g/mol. The summed E-state index contributed by atoms with van der Waals surface area (Å²) in [5.74, 6) is 1.40. The molecular weight excluding hydrogens is 424 g/mol. The van der Waals surface area contributed by atoms with Crippen LogP contribution in [0.5, 0.6) is 11.5 Å². The number of hydrogen-bond donors (Lipinski definition) is 2. The van der Waals surface area contributed by atoms with Crippen LogP contribution in [0.4, 0.5) is 0 Å². The lowest BCUT2D eigenvalue weighted by atomic mass is 10.1. The van der Waals surface area contributed by atoms with E-state index in [0.29, 0.717) is 48.8 Å². The lowest BCUT2D eigenvalue weighted by molar-refractivity contribution is -0.123. The van der Waals surface area contributed by atoms with E-state index in [1.165, 1.54) is 12.1 Å². The van der Waals surface area contributed by atoms with Crippen molar-refractivity contribution in [3.05, 3.63) is 29.9 Å². The zero-order chi connectivity index (χ0) is 22.0. The Labute approximate surface area is 180 Å². The standard InChI is InChI=1S/C20H26N4O6S/c1-12(2)18(20(25)21-11-17-22-19(23-30-17)13-4-5-13)24-31(26,27)14-6-7-15-16(10-14)29-9-3-8-28-15/h6-7,10,12-13,18,24H,3-5,8-9,11H2,1-2H3,(H,21,25). The van der Waals surface area contributed by atoms with E-state index in [0.717, 1.165) is 12.8 Å². The van der Waals surface area contributed by atoms with E-state index < -0.39 is 22.0 Å². The predicted octanol–water partition coefficient (Wildman–Crippen LogP) is 1.73. The highest BCUT2D eigenvalue weighted by Gasteiger charge is 2.31. The summed E-state index contributed by atoms with van der Waals surface area (Å²) in [5.41, 5.74) is 0. The van der Waals surface area contributed by atoms with Crippen molar-refractivity contribution in [2.75, 3.05) is 13.2 Å². The molecule has 31 heavy (non-hydrogen) atoms. The maximum absolute atomic E-state index is 13.0. The van der Waals surface area contributed by atoms with Crippen LogP contribution in [-0.4, -0.2) is 43.7 Å². The number of sulfonamides is 1. The molecule has 1 unspecified atom stereocenters. The highest BCUT2D eigenvalue weighted by molar-refractivity contribution is 7.89. The van der Waals surface area contributed by atoms with Crippen LogP contribution in [0.15, 0.2) is 27.6 Å². The van der Waals surface area contributed by atoms with Crippen LogP contribution in [-0.2, 0) is 21.4 Å². The van der Waals surface area contributed by atoms with Crippen LogP contribution in [0, 0.1) is 5.92 Å². The van der Waals surface area contributed by atoms with Gasteiger partial charge >= 0.3 is 0 Å². The number of hydrogen-bond acceptors (Lipinski definition) is 8. The topological polar surface area (TPSA) is 133 Å². The molecule has 2 aliphatic rings. The average Bonchev–Trinajstić information content (AvgIpc) is 3.52. The first-order chi connectivity index (χ1) is 14.8. The fourth-order valence-electron chi connectivity index (χ4n) is 3.16. The Bertz CT molecular complexity index is 1050. The van der Waals surface area contributed by atoms with Gasteiger partial charge in [0.1, 0.15) is 6.04 Å². The summed E-state index contributed by atoms with van der Waals surface area (Å²) in [6, 6.07) is 3.43. The number of rotatable bonds is 8. The molecule has 1 aliphatic carbocycles. The van der Waals surface area contributed by atoms with Crippen molar-refractivity contribution in [3.8, 4) is 11.5 Å². The number of carbonyl (C=O) groups is 1. The van der Waals surface area contributed by atoms with Crippen molar-refractivity contribution < 1.29 is 27.2 Å². The number of nitrogens with one attached hydrogen (secondary N) is 2. The number of benzene rings is 1. The smallest absolute Gasteiger partial charge is 0.246 e. The highest BCUT2D eigenvalue weighted by atomic mass is 32.2. The number of ether oxygens (including phenoxy) is 2. The minimum atomic E-state index is -3.97. The lowest BCUT2D eigenvalue weighted by Gasteiger charge is -2.21. The molecule has 1 atom stereocenters. The van der Waals surface area contributed by atoms with E-state index in [1.54, 1.807) is 19.9 Å². The molecule has 1 aromatic heterocycles. The number of amides is 1. The molecule has 11 heteroatoms. The first-order valence-corrected chi connectivity index (χ1v) is 11.8. The first kappa shape index (κ1) is 21.6. The third kappa shape index (κ3) is 5.16. The van der Waals surface area contributed by atoms with E-state index in [2.05, 4.69) is 20.2 Å². The maximum atomic E-state index is 13.0. The van der Waals surface area contributed by atoms with E-state index in [1.807, 2.05) is 0 Å². The molecule has 2 heterocycles. The summed E-state index contributed by atoms with van der Waals surface area (Å²) in [4.78, 5) is 17.0. The first-order valence-electron chi connectivity index (χ1n) is 10.4. The summed E-state index contributed by atoms with van der Waals surface area (Å²) < 4.78 is 44.7. The van der Waals surface area contributed by atoms with Crippen LogP contribution >= 0.6 is 0 Å². The summed E-state index contributed by atoms with van der Waals surface area (Å²) in [7, 11) is -3.97. The lowest BCUT2D eigenvalue weighted by Crippen LogP contribution is -2.49. The molecule has 2 aromatic rings. The minimum absolute atomic E-state index is 0.00109. The molecule has 1 aliphatic heterocycles. The number of carbonyl (C=O) groups excluding carboxylic acids is 1. The van der Waals surface area contributed by atoms with Gasteiger partial charge in [-0.05, 0) is 30.9 Å². The van der Waals surface area contributed by atoms with Gasteiger partial charge in [-0.3, -0.25) is 4.79 Å². The van der Waals surface area contributed by atoms with Crippen LogP contribution in [0.1, 0.15) is 50.7 Å². The Morgan fingerprint density at radius 1 is 1.19 bits per heavy atom. The van der Waals surface area contributed by atoms with Gasteiger partial charge in [0, 0.05) is 18.4 Å². The zero-order valence-electron chi connectivity index (χ0n) is 17.5. The molecule has 0 radical (unpaired) electrons. The van der Waals surface area contributed by atoms with Gasteiger partial charge in [0.25, 0.3) is 0 Å². The molecule has 1 fully saturated rings. The summed E-state index contributed by atoms with van der Waals surface area (Å²) in [6.45, 7) is 4.51. The fraction of sp³-hybridized carbons (Fsp3) is 0.550. The van der Waals surface area contributed by atoms with Crippen molar-refractivity contribution in [2.45, 2.75) is 56.5 Å². The molecule has 1 amide bonds. The largest absolute Gasteiger partial charge is 0.490 e. The Morgan fingerprint density at radius 3 is 2.65 bits per heavy atom. The Hall–Kier alpha value is -2.66. The van der Waals surface area contributed by atoms with Gasteiger partial charge in [0.05, 0.1) is 24.7 Å². The predicted molar refractivity (Wildman–Crippen MR) is 109 cm³/mol. The van der Waals surface area contributed by atoms with Crippen molar-refractivity contribution in [3.63, 3.8) is 0 Å². The second kappa shape index (κ2) is 8.83. The molecule has 0 bridgehead atoms. The third-order valence-corrected chi connectivity index (χ3v) is 6.54. The van der Waals surface area contributed by atoms with Crippen LogP contribution in [0.2, 0.25) is 0 Å². The van der Waals surface area contributed by atoms with Crippen LogP contribution < -0.4 is 19.5 Å². The molecule has 1 saturated carbocycles. The molecule has 2 N–H and O–H groups in total. The van der Waals surface area contributed by atoms with Gasteiger partial charge < -0.3 is 19.3 Å². The molecule has 0 saturated heterocycles. The van der Waals surface area contributed by atoms with E-state index >= 15 is 0 Å². The fourth-order valence-corrected chi connectivity index (χ4v) is 4.52. The molecule has 1 aromatic carbocycles. The zero-order valence-corrected chi connectivity index (χ0v) is 18.3. The van der Waals surface area contributed by atoms with Crippen molar-refractivity contribution >= 4 is 15.9 Å². The Balaban J connectivity index is 1.43. The SMILES string of the molecule is CC(C)C(NS(=O)(=O)c1ccc2c(c1)OCCCO2)C(=O)NCc1nc(C2CC2)no1. The van der Waals surface area contributed by atoms with Crippen LogP contribution in [0.3, 0.4) is 0 Å². The normalized spacial score (nSPS) is 17.3. The van der Waals surface area contributed by atoms with Crippen molar-refractivity contribution in [1.82, 2.24) is 20.2 Å². The third-order valence-electron chi connectivity index (χ3n) is 5.10. The van der Waals surface area contributed by atoms with Gasteiger partial charge in [-0.15, -0.1) is 0 Å². The summed E-state index contributed by atoms with van der Waals surface area (Å²) in [5, 5.41) is 6.58.